The molecule has 1 rings (SSSR count). The molecule has 0 radical (unpaired) electrons. The zero-order valence-corrected chi connectivity index (χ0v) is 10.9. The fourth-order valence-electron chi connectivity index (χ4n) is 1.68. The molecule has 0 aliphatic rings. The maximum atomic E-state index is 13.7. The lowest BCUT2D eigenvalue weighted by molar-refractivity contribution is 0.198. The van der Waals surface area contributed by atoms with Crippen LogP contribution in [0, 0.1) is 12.7 Å². The summed E-state index contributed by atoms with van der Waals surface area (Å²) in [7, 11) is 0. The molecule has 17 heavy (non-hydrogen) atoms. The highest BCUT2D eigenvalue weighted by Gasteiger charge is 2.09. The summed E-state index contributed by atoms with van der Waals surface area (Å²) < 4.78 is 19.3. The van der Waals surface area contributed by atoms with Crippen LogP contribution in [0.5, 0.6) is 5.75 Å². The highest BCUT2D eigenvalue weighted by atomic mass is 19.1. The third-order valence-corrected chi connectivity index (χ3v) is 2.70. The Morgan fingerprint density at radius 3 is 2.88 bits per heavy atom. The Hall–Kier alpha value is -1.09. The molecule has 0 fully saturated rings. The molecule has 0 amide bonds. The van der Waals surface area contributed by atoms with E-state index in [1.54, 1.807) is 19.1 Å². The summed E-state index contributed by atoms with van der Waals surface area (Å²) in [5.74, 6) is 0.118. The van der Waals surface area contributed by atoms with Gasteiger partial charge in [-0.3, -0.25) is 0 Å². The van der Waals surface area contributed by atoms with E-state index in [9.17, 15) is 4.39 Å². The average Bonchev–Trinajstić information content (AvgIpc) is 2.31. The maximum absolute atomic E-state index is 13.7. The molecule has 0 bridgehead atoms. The van der Waals surface area contributed by atoms with Crippen LogP contribution in [0.2, 0.25) is 0 Å². The molecule has 1 N–H and O–H groups in total. The minimum atomic E-state index is -0.244. The Morgan fingerprint density at radius 2 is 2.18 bits per heavy atom. The van der Waals surface area contributed by atoms with Crippen molar-refractivity contribution in [2.45, 2.75) is 39.7 Å². The molecule has 0 aromatic heterocycles. The number of rotatable bonds is 7. The Kier molecular flexibility index (Phi) is 5.98. The molecular weight excluding hydrogens is 217 g/mol. The Labute approximate surface area is 103 Å². The second kappa shape index (κ2) is 7.28. The quantitative estimate of drug-likeness (QED) is 0.737. The SMILES string of the molecule is CCNCCCC(C)Oc1cccc(C)c1F. The predicted octanol–water partition coefficient (Wildman–Crippen LogP) is 3.29. The Bertz CT molecular complexity index is 341. The van der Waals surface area contributed by atoms with Crippen LogP contribution in [0.3, 0.4) is 0 Å². The van der Waals surface area contributed by atoms with Gasteiger partial charge in [-0.15, -0.1) is 0 Å². The predicted molar refractivity (Wildman–Crippen MR) is 69.0 cm³/mol. The van der Waals surface area contributed by atoms with E-state index in [4.69, 9.17) is 4.74 Å². The van der Waals surface area contributed by atoms with E-state index in [-0.39, 0.29) is 11.9 Å². The van der Waals surface area contributed by atoms with Crippen molar-refractivity contribution in [3.63, 3.8) is 0 Å². The zero-order valence-electron chi connectivity index (χ0n) is 10.9. The number of aryl methyl sites for hydroxylation is 1. The second-order valence-electron chi connectivity index (χ2n) is 4.31. The van der Waals surface area contributed by atoms with Gasteiger partial charge < -0.3 is 10.1 Å². The summed E-state index contributed by atoms with van der Waals surface area (Å²) in [6.45, 7) is 7.79. The van der Waals surface area contributed by atoms with Crippen LogP contribution in [0.4, 0.5) is 4.39 Å². The van der Waals surface area contributed by atoms with Crippen molar-refractivity contribution in [3.05, 3.63) is 29.6 Å². The highest BCUT2D eigenvalue weighted by Crippen LogP contribution is 2.21. The van der Waals surface area contributed by atoms with Crippen LogP contribution < -0.4 is 10.1 Å². The molecule has 1 unspecified atom stereocenters. The van der Waals surface area contributed by atoms with Crippen molar-refractivity contribution in [2.24, 2.45) is 0 Å². The van der Waals surface area contributed by atoms with Gasteiger partial charge in [0.15, 0.2) is 11.6 Å². The third kappa shape index (κ3) is 4.73. The summed E-state index contributed by atoms with van der Waals surface area (Å²) in [4.78, 5) is 0. The van der Waals surface area contributed by atoms with E-state index in [2.05, 4.69) is 12.2 Å². The summed E-state index contributed by atoms with van der Waals surface area (Å²) in [6, 6.07) is 5.25. The van der Waals surface area contributed by atoms with E-state index in [0.29, 0.717) is 11.3 Å². The highest BCUT2D eigenvalue weighted by molar-refractivity contribution is 5.30. The monoisotopic (exact) mass is 239 g/mol. The lowest BCUT2D eigenvalue weighted by Crippen LogP contribution is -2.18. The van der Waals surface area contributed by atoms with Crippen LogP contribution in [0.1, 0.15) is 32.3 Å². The first-order valence-electron chi connectivity index (χ1n) is 6.27. The molecule has 1 atom stereocenters. The van der Waals surface area contributed by atoms with Crippen LogP contribution in [-0.2, 0) is 0 Å². The van der Waals surface area contributed by atoms with Crippen molar-refractivity contribution >= 4 is 0 Å². The minimum Gasteiger partial charge on any atom is -0.488 e. The van der Waals surface area contributed by atoms with Crippen molar-refractivity contribution < 1.29 is 9.13 Å². The largest absolute Gasteiger partial charge is 0.488 e. The molecule has 3 heteroatoms. The van der Waals surface area contributed by atoms with Gasteiger partial charge in [0.05, 0.1) is 6.10 Å². The van der Waals surface area contributed by atoms with E-state index in [1.165, 1.54) is 0 Å². The number of halogens is 1. The van der Waals surface area contributed by atoms with Crippen LogP contribution in [0.15, 0.2) is 18.2 Å². The molecule has 0 saturated heterocycles. The number of ether oxygens (including phenoxy) is 1. The van der Waals surface area contributed by atoms with Gasteiger partial charge in [0.1, 0.15) is 0 Å². The molecule has 0 aliphatic heterocycles. The first-order chi connectivity index (χ1) is 8.15. The molecular formula is C14H22FNO. The molecule has 0 heterocycles. The number of hydrogen-bond acceptors (Lipinski definition) is 2. The molecule has 96 valence electrons. The van der Waals surface area contributed by atoms with Crippen molar-refractivity contribution in [1.82, 2.24) is 5.32 Å². The van der Waals surface area contributed by atoms with Crippen molar-refractivity contribution in [1.29, 1.82) is 0 Å². The van der Waals surface area contributed by atoms with Crippen LogP contribution >= 0.6 is 0 Å². The van der Waals surface area contributed by atoms with E-state index >= 15 is 0 Å². The Balaban J connectivity index is 2.39. The standard InChI is InChI=1S/C14H22FNO/c1-4-16-10-6-8-12(3)17-13-9-5-7-11(2)14(13)15/h5,7,9,12,16H,4,6,8,10H2,1-3H3. The number of nitrogens with one attached hydrogen (secondary N) is 1. The molecule has 0 saturated carbocycles. The lowest BCUT2D eigenvalue weighted by atomic mass is 10.2. The van der Waals surface area contributed by atoms with Crippen molar-refractivity contribution in [2.75, 3.05) is 13.1 Å². The molecule has 1 aromatic rings. The fourth-order valence-corrected chi connectivity index (χ4v) is 1.68. The van der Waals surface area contributed by atoms with Crippen LogP contribution in [-0.4, -0.2) is 19.2 Å². The normalized spacial score (nSPS) is 12.5. The summed E-state index contributed by atoms with van der Waals surface area (Å²) in [5.41, 5.74) is 0.627. The average molecular weight is 239 g/mol. The number of benzene rings is 1. The van der Waals surface area contributed by atoms with Crippen LogP contribution in [0.25, 0.3) is 0 Å². The number of hydrogen-bond donors (Lipinski definition) is 1. The molecule has 0 spiro atoms. The maximum Gasteiger partial charge on any atom is 0.167 e. The zero-order chi connectivity index (χ0) is 12.7. The van der Waals surface area contributed by atoms with Gasteiger partial charge in [-0.25, -0.2) is 4.39 Å². The van der Waals surface area contributed by atoms with Gasteiger partial charge in [-0.05, 0) is 51.4 Å². The summed E-state index contributed by atoms with van der Waals surface area (Å²) in [5, 5.41) is 3.26. The second-order valence-corrected chi connectivity index (χ2v) is 4.31. The minimum absolute atomic E-state index is 0.0463. The first kappa shape index (κ1) is 14.0. The topological polar surface area (TPSA) is 21.3 Å². The molecule has 2 nitrogen and oxygen atoms in total. The van der Waals surface area contributed by atoms with Gasteiger partial charge >= 0.3 is 0 Å². The Morgan fingerprint density at radius 1 is 1.41 bits per heavy atom. The van der Waals surface area contributed by atoms with Crippen molar-refractivity contribution in [3.8, 4) is 5.75 Å². The van der Waals surface area contributed by atoms with Gasteiger partial charge in [0, 0.05) is 0 Å². The summed E-state index contributed by atoms with van der Waals surface area (Å²) >= 11 is 0. The fraction of sp³-hybridized carbons (Fsp3) is 0.571. The van der Waals surface area contributed by atoms with Gasteiger partial charge in [-0.1, -0.05) is 19.1 Å². The van der Waals surface area contributed by atoms with Gasteiger partial charge in [0.25, 0.3) is 0 Å². The van der Waals surface area contributed by atoms with E-state index in [0.717, 1.165) is 25.9 Å². The summed E-state index contributed by atoms with van der Waals surface area (Å²) in [6.07, 6.45) is 2.02. The first-order valence-corrected chi connectivity index (χ1v) is 6.27. The molecule has 0 aliphatic carbocycles. The smallest absolute Gasteiger partial charge is 0.167 e. The van der Waals surface area contributed by atoms with E-state index in [1.807, 2.05) is 13.0 Å². The van der Waals surface area contributed by atoms with Gasteiger partial charge in [0.2, 0.25) is 0 Å². The van der Waals surface area contributed by atoms with Gasteiger partial charge in [-0.2, -0.15) is 0 Å². The lowest BCUT2D eigenvalue weighted by Gasteiger charge is -2.15. The molecule has 1 aromatic carbocycles. The van der Waals surface area contributed by atoms with E-state index < -0.39 is 0 Å². The third-order valence-electron chi connectivity index (χ3n) is 2.70.